The Balaban J connectivity index is 1.52. The standard InChI is InChI=1S/C25H21N3O3/c1-31-22-13-18(26-14-23(29)30)9-10-20(22)27-21-8-4-6-16-12-17-11-15-5-2-3-7-19(15)28-25(17)24(16)21/h2-11,13,26-27H,12,14H2,1H3,(H,29,30). The Morgan fingerprint density at radius 1 is 1.03 bits per heavy atom. The molecule has 0 fully saturated rings. The fourth-order valence-corrected chi connectivity index (χ4v) is 4.07. The van der Waals surface area contributed by atoms with Crippen LogP contribution >= 0.6 is 0 Å². The highest BCUT2D eigenvalue weighted by atomic mass is 16.5. The molecule has 0 saturated carbocycles. The number of carbonyl (C=O) groups is 1. The van der Waals surface area contributed by atoms with Crippen molar-refractivity contribution in [3.8, 4) is 17.0 Å². The molecule has 3 N–H and O–H groups in total. The van der Waals surface area contributed by atoms with Gasteiger partial charge in [0.25, 0.3) is 0 Å². The summed E-state index contributed by atoms with van der Waals surface area (Å²) >= 11 is 0. The van der Waals surface area contributed by atoms with Crippen LogP contribution < -0.4 is 15.4 Å². The van der Waals surface area contributed by atoms with E-state index in [-0.39, 0.29) is 6.54 Å². The van der Waals surface area contributed by atoms with Gasteiger partial charge < -0.3 is 20.5 Å². The summed E-state index contributed by atoms with van der Waals surface area (Å²) in [7, 11) is 1.60. The van der Waals surface area contributed by atoms with Crippen molar-refractivity contribution in [3.63, 3.8) is 0 Å². The summed E-state index contributed by atoms with van der Waals surface area (Å²) in [6.45, 7) is -0.154. The van der Waals surface area contributed by atoms with Crippen molar-refractivity contribution in [1.29, 1.82) is 0 Å². The Morgan fingerprint density at radius 3 is 2.74 bits per heavy atom. The molecule has 0 radical (unpaired) electrons. The predicted octanol–water partition coefficient (Wildman–Crippen LogP) is 5.05. The molecule has 6 nitrogen and oxygen atoms in total. The summed E-state index contributed by atoms with van der Waals surface area (Å²) in [5.74, 6) is -0.294. The third-order valence-electron chi connectivity index (χ3n) is 5.49. The fraction of sp³-hybridized carbons (Fsp3) is 0.120. The zero-order valence-corrected chi connectivity index (χ0v) is 17.0. The van der Waals surface area contributed by atoms with Crippen LogP contribution in [0.4, 0.5) is 17.1 Å². The molecule has 0 saturated heterocycles. The van der Waals surface area contributed by atoms with E-state index < -0.39 is 5.97 Å². The first-order chi connectivity index (χ1) is 15.1. The summed E-state index contributed by atoms with van der Waals surface area (Å²) in [5, 5.41) is 16.4. The largest absolute Gasteiger partial charge is 0.494 e. The average Bonchev–Trinajstić information content (AvgIpc) is 3.15. The number of hydrogen-bond acceptors (Lipinski definition) is 5. The third kappa shape index (κ3) is 3.53. The number of carboxylic acids is 1. The molecular weight excluding hydrogens is 390 g/mol. The molecule has 31 heavy (non-hydrogen) atoms. The van der Waals surface area contributed by atoms with E-state index in [0.29, 0.717) is 11.4 Å². The van der Waals surface area contributed by atoms with Crippen molar-refractivity contribution < 1.29 is 14.6 Å². The van der Waals surface area contributed by atoms with Crippen LogP contribution in [0.1, 0.15) is 11.1 Å². The topological polar surface area (TPSA) is 83.5 Å². The number of anilines is 3. The summed E-state index contributed by atoms with van der Waals surface area (Å²) in [5.41, 5.74) is 8.00. The quantitative estimate of drug-likeness (QED) is 0.362. The molecule has 154 valence electrons. The summed E-state index contributed by atoms with van der Waals surface area (Å²) in [6, 6.07) is 22.1. The summed E-state index contributed by atoms with van der Waals surface area (Å²) < 4.78 is 5.55. The van der Waals surface area contributed by atoms with Crippen LogP contribution in [-0.2, 0) is 11.2 Å². The molecule has 3 aromatic carbocycles. The highest BCUT2D eigenvalue weighted by molar-refractivity contribution is 5.92. The second kappa shape index (κ2) is 7.65. The zero-order valence-electron chi connectivity index (χ0n) is 17.0. The van der Waals surface area contributed by atoms with Crippen LogP contribution in [0.5, 0.6) is 5.75 Å². The van der Waals surface area contributed by atoms with Crippen molar-refractivity contribution in [2.24, 2.45) is 0 Å². The molecule has 0 spiro atoms. The Labute approximate surface area is 179 Å². The molecule has 0 atom stereocenters. The van der Waals surface area contributed by atoms with E-state index in [0.717, 1.165) is 40.0 Å². The lowest BCUT2D eigenvalue weighted by Crippen LogP contribution is -2.12. The number of aliphatic carboxylic acids is 1. The maximum Gasteiger partial charge on any atom is 0.322 e. The lowest BCUT2D eigenvalue weighted by molar-refractivity contribution is -0.134. The Kier molecular flexibility index (Phi) is 4.67. The normalized spacial score (nSPS) is 11.6. The first kappa shape index (κ1) is 18.9. The minimum atomic E-state index is -0.917. The van der Waals surface area contributed by atoms with Gasteiger partial charge in [-0.3, -0.25) is 4.79 Å². The van der Waals surface area contributed by atoms with Gasteiger partial charge in [-0.25, -0.2) is 4.98 Å². The average molecular weight is 411 g/mol. The number of methoxy groups -OCH3 is 1. The monoisotopic (exact) mass is 411 g/mol. The Hall–Kier alpha value is -4.06. The van der Waals surface area contributed by atoms with Crippen molar-refractivity contribution in [2.45, 2.75) is 6.42 Å². The number of para-hydroxylation sites is 1. The first-order valence-corrected chi connectivity index (χ1v) is 10.0. The molecule has 0 unspecified atom stereocenters. The second-order valence-electron chi connectivity index (χ2n) is 7.49. The molecule has 1 aromatic heterocycles. The highest BCUT2D eigenvalue weighted by Crippen LogP contribution is 2.43. The van der Waals surface area contributed by atoms with Gasteiger partial charge in [0.2, 0.25) is 0 Å². The van der Waals surface area contributed by atoms with Gasteiger partial charge in [0.15, 0.2) is 0 Å². The minimum absolute atomic E-state index is 0.154. The van der Waals surface area contributed by atoms with E-state index in [4.69, 9.17) is 14.8 Å². The highest BCUT2D eigenvalue weighted by Gasteiger charge is 2.24. The van der Waals surface area contributed by atoms with Crippen molar-refractivity contribution in [1.82, 2.24) is 4.98 Å². The van der Waals surface area contributed by atoms with Gasteiger partial charge in [-0.2, -0.15) is 0 Å². The number of rotatable bonds is 6. The van der Waals surface area contributed by atoms with Gasteiger partial charge in [0, 0.05) is 34.8 Å². The van der Waals surface area contributed by atoms with Crippen molar-refractivity contribution >= 4 is 33.9 Å². The number of nitrogens with one attached hydrogen (secondary N) is 2. The Morgan fingerprint density at radius 2 is 1.90 bits per heavy atom. The number of fused-ring (bicyclic) bond motifs is 4. The Bertz CT molecular complexity index is 1320. The number of hydrogen-bond donors (Lipinski definition) is 3. The number of carboxylic acid groups (broad SMARTS) is 1. The van der Waals surface area contributed by atoms with E-state index in [9.17, 15) is 4.79 Å². The van der Waals surface area contributed by atoms with Gasteiger partial charge in [-0.1, -0.05) is 30.3 Å². The zero-order chi connectivity index (χ0) is 21.4. The maximum absolute atomic E-state index is 10.8. The predicted molar refractivity (Wildman–Crippen MR) is 122 cm³/mol. The van der Waals surface area contributed by atoms with Crippen LogP contribution in [0.15, 0.2) is 66.7 Å². The molecule has 6 heteroatoms. The van der Waals surface area contributed by atoms with Gasteiger partial charge in [0.1, 0.15) is 12.3 Å². The number of pyridine rings is 1. The molecule has 0 amide bonds. The SMILES string of the molecule is COc1cc(NCC(=O)O)ccc1Nc1cccc2c1-c1nc3ccccc3cc1C2. The molecule has 0 aliphatic heterocycles. The van der Waals surface area contributed by atoms with Gasteiger partial charge in [-0.05, 0) is 41.5 Å². The first-order valence-electron chi connectivity index (χ1n) is 10.0. The third-order valence-corrected chi connectivity index (χ3v) is 5.49. The van der Waals surface area contributed by atoms with E-state index in [1.54, 1.807) is 13.2 Å². The summed E-state index contributed by atoms with van der Waals surface area (Å²) in [4.78, 5) is 15.8. The van der Waals surface area contributed by atoms with E-state index in [1.165, 1.54) is 11.1 Å². The van der Waals surface area contributed by atoms with Crippen LogP contribution in [0, 0.1) is 0 Å². The fourth-order valence-electron chi connectivity index (χ4n) is 4.07. The molecular formula is C25H21N3O3. The van der Waals surface area contributed by atoms with Crippen molar-refractivity contribution in [3.05, 3.63) is 77.9 Å². The number of ether oxygens (including phenoxy) is 1. The molecule has 0 bridgehead atoms. The van der Waals surface area contributed by atoms with E-state index in [2.05, 4.69) is 28.8 Å². The van der Waals surface area contributed by atoms with Crippen LogP contribution in [0.2, 0.25) is 0 Å². The maximum atomic E-state index is 10.8. The minimum Gasteiger partial charge on any atom is -0.494 e. The molecule has 1 aliphatic carbocycles. The number of nitrogens with zero attached hydrogens (tertiary/aromatic N) is 1. The van der Waals surface area contributed by atoms with Crippen LogP contribution in [-0.4, -0.2) is 29.7 Å². The molecule has 4 aromatic rings. The van der Waals surface area contributed by atoms with Crippen molar-refractivity contribution in [2.75, 3.05) is 24.3 Å². The smallest absolute Gasteiger partial charge is 0.322 e. The van der Waals surface area contributed by atoms with E-state index >= 15 is 0 Å². The number of benzene rings is 3. The van der Waals surface area contributed by atoms with Gasteiger partial charge >= 0.3 is 5.97 Å². The summed E-state index contributed by atoms with van der Waals surface area (Å²) in [6.07, 6.45) is 0.854. The molecule has 5 rings (SSSR count). The molecule has 1 aliphatic rings. The van der Waals surface area contributed by atoms with Crippen LogP contribution in [0.3, 0.4) is 0 Å². The number of aromatic nitrogens is 1. The van der Waals surface area contributed by atoms with Gasteiger partial charge in [0.05, 0.1) is 24.0 Å². The van der Waals surface area contributed by atoms with Crippen LogP contribution in [0.25, 0.3) is 22.2 Å². The molecule has 1 heterocycles. The second-order valence-corrected chi connectivity index (χ2v) is 7.49. The van der Waals surface area contributed by atoms with E-state index in [1.807, 2.05) is 42.5 Å². The lowest BCUT2D eigenvalue weighted by Gasteiger charge is -2.16. The van der Waals surface area contributed by atoms with Gasteiger partial charge in [-0.15, -0.1) is 0 Å². The lowest BCUT2D eigenvalue weighted by atomic mass is 10.1.